The molecule has 1 atom stereocenters. The van der Waals surface area contributed by atoms with E-state index in [4.69, 9.17) is 4.98 Å². The zero-order chi connectivity index (χ0) is 21.1. The van der Waals surface area contributed by atoms with Gasteiger partial charge in [0.15, 0.2) is 0 Å². The fourth-order valence-corrected chi connectivity index (χ4v) is 4.88. The summed E-state index contributed by atoms with van der Waals surface area (Å²) in [5.41, 5.74) is 1.95. The van der Waals surface area contributed by atoms with E-state index >= 15 is 0 Å². The second-order valence-corrected chi connectivity index (χ2v) is 9.54. The van der Waals surface area contributed by atoms with Gasteiger partial charge in [0.2, 0.25) is 5.95 Å². The molecule has 1 fully saturated rings. The van der Waals surface area contributed by atoms with Gasteiger partial charge < -0.3 is 4.90 Å². The molecule has 1 aromatic heterocycles. The third-order valence-electron chi connectivity index (χ3n) is 5.82. The molecule has 1 N–H and O–H groups in total. The number of nitrogens with zero attached hydrogens (tertiary/aromatic N) is 4. The average molecular weight is 426 g/mol. The van der Waals surface area contributed by atoms with Gasteiger partial charge in [-0.25, -0.2) is 14.7 Å². The van der Waals surface area contributed by atoms with Crippen LogP contribution in [0.4, 0.5) is 5.95 Å². The first-order valence-corrected chi connectivity index (χ1v) is 11.7. The molecule has 1 aliphatic heterocycles. The average Bonchev–Trinajstić information content (AvgIpc) is 3.04. The lowest BCUT2D eigenvalue weighted by molar-refractivity contribution is 0.339. The molecule has 0 spiro atoms. The molecule has 1 unspecified atom stereocenters. The second kappa shape index (κ2) is 8.67. The zero-order valence-electron chi connectivity index (χ0n) is 17.3. The minimum absolute atomic E-state index is 0.0314. The highest BCUT2D eigenvalue weighted by atomic mass is 32.2. The lowest BCUT2D eigenvalue weighted by atomic mass is 10.1. The van der Waals surface area contributed by atoms with Gasteiger partial charge in [0.05, 0.1) is 5.69 Å². The largest absolute Gasteiger partial charge is 0.341 e. The smallest absolute Gasteiger partial charge is 0.279 e. The molecule has 0 amide bonds. The molecule has 0 bridgehead atoms. The molecule has 2 heterocycles. The van der Waals surface area contributed by atoms with Gasteiger partial charge in [-0.2, -0.15) is 12.7 Å². The fraction of sp³-hybridized carbons (Fsp3) is 0.364. The minimum Gasteiger partial charge on any atom is -0.341 e. The molecule has 4 rings (SSSR count). The van der Waals surface area contributed by atoms with E-state index in [9.17, 15) is 8.42 Å². The quantitative estimate of drug-likeness (QED) is 0.680. The SMILES string of the molecule is CNS(=O)(=O)N(C)C1CCCN(c2nccc(-c3ccc4ccccc4c3)n2)CC1. The summed E-state index contributed by atoms with van der Waals surface area (Å²) in [6.45, 7) is 1.53. The Morgan fingerprint density at radius 2 is 1.87 bits per heavy atom. The van der Waals surface area contributed by atoms with Crippen molar-refractivity contribution in [2.75, 3.05) is 32.1 Å². The molecule has 0 aliphatic carbocycles. The zero-order valence-corrected chi connectivity index (χ0v) is 18.1. The van der Waals surface area contributed by atoms with Gasteiger partial charge in [0.25, 0.3) is 10.2 Å². The van der Waals surface area contributed by atoms with Crippen molar-refractivity contribution in [3.63, 3.8) is 0 Å². The Labute approximate surface area is 177 Å². The highest BCUT2D eigenvalue weighted by Gasteiger charge is 2.28. The predicted octanol–water partition coefficient (Wildman–Crippen LogP) is 3.05. The molecule has 8 heteroatoms. The fourth-order valence-electron chi connectivity index (χ4n) is 3.99. The van der Waals surface area contributed by atoms with Gasteiger partial charge in [-0.05, 0) is 42.2 Å². The Bertz CT molecular complexity index is 1140. The van der Waals surface area contributed by atoms with Gasteiger partial charge in [0, 0.05) is 45.0 Å². The van der Waals surface area contributed by atoms with Gasteiger partial charge in [-0.15, -0.1) is 0 Å². The maximum atomic E-state index is 12.1. The number of fused-ring (bicyclic) bond motifs is 1. The first kappa shape index (κ1) is 20.7. The highest BCUT2D eigenvalue weighted by Crippen LogP contribution is 2.25. The summed E-state index contributed by atoms with van der Waals surface area (Å²) in [4.78, 5) is 11.5. The molecule has 30 heavy (non-hydrogen) atoms. The normalized spacial score (nSPS) is 18.0. The highest BCUT2D eigenvalue weighted by molar-refractivity contribution is 7.87. The Balaban J connectivity index is 1.53. The van der Waals surface area contributed by atoms with Gasteiger partial charge >= 0.3 is 0 Å². The topological polar surface area (TPSA) is 78.4 Å². The van der Waals surface area contributed by atoms with Crippen LogP contribution in [0.25, 0.3) is 22.0 Å². The predicted molar refractivity (Wildman–Crippen MR) is 121 cm³/mol. The van der Waals surface area contributed by atoms with Crippen LogP contribution in [0.5, 0.6) is 0 Å². The van der Waals surface area contributed by atoms with E-state index in [2.05, 4.69) is 44.9 Å². The van der Waals surface area contributed by atoms with Crippen LogP contribution in [0.3, 0.4) is 0 Å². The van der Waals surface area contributed by atoms with Crippen molar-refractivity contribution in [1.82, 2.24) is 19.0 Å². The third kappa shape index (κ3) is 4.30. The van der Waals surface area contributed by atoms with Crippen molar-refractivity contribution in [3.05, 3.63) is 54.7 Å². The number of aromatic nitrogens is 2. The van der Waals surface area contributed by atoms with Crippen LogP contribution in [0.1, 0.15) is 19.3 Å². The second-order valence-electron chi connectivity index (χ2n) is 7.60. The minimum atomic E-state index is -3.42. The molecule has 1 aliphatic rings. The van der Waals surface area contributed by atoms with E-state index in [1.165, 1.54) is 22.1 Å². The lowest BCUT2D eigenvalue weighted by Crippen LogP contribution is -2.43. The number of hydrogen-bond donors (Lipinski definition) is 1. The maximum absolute atomic E-state index is 12.1. The summed E-state index contributed by atoms with van der Waals surface area (Å²) in [5, 5.41) is 2.39. The van der Waals surface area contributed by atoms with Crippen LogP contribution in [0.2, 0.25) is 0 Å². The standard InChI is InChI=1S/C22H27N5O2S/c1-23-30(28,29)26(2)20-8-5-14-27(15-12-20)22-24-13-11-21(25-22)19-10-9-17-6-3-4-7-18(17)16-19/h3-4,6-7,9-11,13,16,20,23H,5,8,12,14-15H2,1-2H3. The van der Waals surface area contributed by atoms with E-state index in [-0.39, 0.29) is 6.04 Å². The van der Waals surface area contributed by atoms with Gasteiger partial charge in [-0.1, -0.05) is 36.4 Å². The molecular formula is C22H27N5O2S. The molecule has 2 aromatic carbocycles. The summed E-state index contributed by atoms with van der Waals surface area (Å²) < 4.78 is 28.1. The maximum Gasteiger partial charge on any atom is 0.279 e. The van der Waals surface area contributed by atoms with E-state index in [0.29, 0.717) is 5.95 Å². The van der Waals surface area contributed by atoms with Crippen molar-refractivity contribution < 1.29 is 8.42 Å². The van der Waals surface area contributed by atoms with Crippen molar-refractivity contribution in [2.24, 2.45) is 0 Å². The van der Waals surface area contributed by atoms with Crippen LogP contribution in [-0.4, -0.2) is 55.9 Å². The molecule has 3 aromatic rings. The first-order chi connectivity index (χ1) is 14.5. The van der Waals surface area contributed by atoms with Crippen LogP contribution < -0.4 is 9.62 Å². The molecule has 0 saturated carbocycles. The summed E-state index contributed by atoms with van der Waals surface area (Å²) in [5.74, 6) is 0.695. The van der Waals surface area contributed by atoms with Crippen LogP contribution in [0.15, 0.2) is 54.7 Å². The van der Waals surface area contributed by atoms with E-state index in [1.807, 2.05) is 18.2 Å². The third-order valence-corrected chi connectivity index (χ3v) is 7.39. The van der Waals surface area contributed by atoms with E-state index in [0.717, 1.165) is 43.6 Å². The number of benzene rings is 2. The van der Waals surface area contributed by atoms with E-state index in [1.54, 1.807) is 13.2 Å². The van der Waals surface area contributed by atoms with Crippen LogP contribution >= 0.6 is 0 Å². The summed E-state index contributed by atoms with van der Waals surface area (Å²) in [6, 6.07) is 16.5. The monoisotopic (exact) mass is 425 g/mol. The number of rotatable bonds is 5. The van der Waals surface area contributed by atoms with Gasteiger partial charge in [0.1, 0.15) is 0 Å². The number of hydrogen-bond acceptors (Lipinski definition) is 5. The Morgan fingerprint density at radius 1 is 1.07 bits per heavy atom. The summed E-state index contributed by atoms with van der Waals surface area (Å²) >= 11 is 0. The molecule has 1 saturated heterocycles. The van der Waals surface area contributed by atoms with Gasteiger partial charge in [-0.3, -0.25) is 0 Å². The van der Waals surface area contributed by atoms with Crippen molar-refractivity contribution >= 4 is 26.9 Å². The van der Waals surface area contributed by atoms with Crippen LogP contribution in [0, 0.1) is 0 Å². The summed E-state index contributed by atoms with van der Waals surface area (Å²) in [7, 11) is -0.336. The first-order valence-electron chi connectivity index (χ1n) is 10.2. The Kier molecular flexibility index (Phi) is 5.99. The molecule has 7 nitrogen and oxygen atoms in total. The number of nitrogens with one attached hydrogen (secondary N) is 1. The van der Waals surface area contributed by atoms with Crippen molar-refractivity contribution in [2.45, 2.75) is 25.3 Å². The van der Waals surface area contributed by atoms with Crippen LogP contribution in [-0.2, 0) is 10.2 Å². The van der Waals surface area contributed by atoms with Crippen molar-refractivity contribution in [1.29, 1.82) is 0 Å². The molecular weight excluding hydrogens is 398 g/mol. The lowest BCUT2D eigenvalue weighted by Gasteiger charge is -2.26. The molecule has 158 valence electrons. The Morgan fingerprint density at radius 3 is 2.67 bits per heavy atom. The Hall–Kier alpha value is -2.55. The number of anilines is 1. The summed E-state index contributed by atoms with van der Waals surface area (Å²) in [6.07, 6.45) is 4.24. The molecule has 0 radical (unpaired) electrons. The van der Waals surface area contributed by atoms with E-state index < -0.39 is 10.2 Å². The van der Waals surface area contributed by atoms with Crippen molar-refractivity contribution in [3.8, 4) is 11.3 Å².